The van der Waals surface area contributed by atoms with Crippen LogP contribution in [0.15, 0.2) is 48.5 Å². The number of likely N-dealkylation sites (N-methyl/N-ethyl adjacent to an activating group) is 1. The van der Waals surface area contributed by atoms with Gasteiger partial charge in [-0.3, -0.25) is 4.90 Å². The molecule has 0 saturated heterocycles. The highest BCUT2D eigenvalue weighted by Gasteiger charge is 2.20. The van der Waals surface area contributed by atoms with E-state index in [9.17, 15) is 8.78 Å². The van der Waals surface area contributed by atoms with Crippen LogP contribution in [0.5, 0.6) is 0 Å². The highest BCUT2D eigenvalue weighted by Crippen LogP contribution is 2.20. The van der Waals surface area contributed by atoms with Crippen LogP contribution in [-0.2, 0) is 6.54 Å². The van der Waals surface area contributed by atoms with Gasteiger partial charge in [-0.25, -0.2) is 8.78 Å². The van der Waals surface area contributed by atoms with E-state index in [0.717, 1.165) is 5.56 Å². The van der Waals surface area contributed by atoms with E-state index in [4.69, 9.17) is 5.73 Å². The molecule has 0 aliphatic rings. The molecule has 0 amide bonds. The molecule has 0 aliphatic carbocycles. The molecule has 0 spiro atoms. The molecular formula is C17H20F2N2. The van der Waals surface area contributed by atoms with E-state index in [1.807, 2.05) is 24.9 Å². The van der Waals surface area contributed by atoms with Gasteiger partial charge in [0.1, 0.15) is 11.6 Å². The number of halogens is 2. The maximum absolute atomic E-state index is 13.7. The van der Waals surface area contributed by atoms with Crippen LogP contribution < -0.4 is 5.73 Å². The van der Waals surface area contributed by atoms with Crippen LogP contribution >= 0.6 is 0 Å². The largest absolute Gasteiger partial charge is 0.323 e. The van der Waals surface area contributed by atoms with Crippen molar-refractivity contribution in [1.82, 2.24) is 4.90 Å². The number of nitrogens with zero attached hydrogens (tertiary/aromatic N) is 1. The Hall–Kier alpha value is -1.78. The molecule has 2 nitrogen and oxygen atoms in total. The van der Waals surface area contributed by atoms with E-state index in [2.05, 4.69) is 0 Å². The number of hydrogen-bond donors (Lipinski definition) is 1. The normalized spacial score (nSPS) is 14.2. The topological polar surface area (TPSA) is 29.3 Å². The number of nitrogens with two attached hydrogens (primary N) is 1. The van der Waals surface area contributed by atoms with Gasteiger partial charge >= 0.3 is 0 Å². The van der Waals surface area contributed by atoms with Gasteiger partial charge in [0.05, 0.1) is 0 Å². The summed E-state index contributed by atoms with van der Waals surface area (Å²) >= 11 is 0. The minimum absolute atomic E-state index is 0.00457. The highest BCUT2D eigenvalue weighted by molar-refractivity contribution is 5.21. The fourth-order valence-electron chi connectivity index (χ4n) is 2.28. The van der Waals surface area contributed by atoms with Gasteiger partial charge in [0.15, 0.2) is 0 Å². The van der Waals surface area contributed by atoms with Gasteiger partial charge in [0.2, 0.25) is 0 Å². The van der Waals surface area contributed by atoms with Crippen molar-refractivity contribution in [1.29, 1.82) is 0 Å². The third kappa shape index (κ3) is 3.86. The summed E-state index contributed by atoms with van der Waals surface area (Å²) in [5.41, 5.74) is 7.73. The molecule has 0 fully saturated rings. The van der Waals surface area contributed by atoms with E-state index < -0.39 is 0 Å². The Morgan fingerprint density at radius 1 is 1.05 bits per heavy atom. The average Bonchev–Trinajstić information content (AvgIpc) is 2.49. The van der Waals surface area contributed by atoms with E-state index >= 15 is 0 Å². The molecule has 0 saturated carbocycles. The summed E-state index contributed by atoms with van der Waals surface area (Å²) in [5.74, 6) is -0.495. The summed E-state index contributed by atoms with van der Waals surface area (Å²) < 4.78 is 26.6. The lowest BCUT2D eigenvalue weighted by molar-refractivity contribution is 0.216. The van der Waals surface area contributed by atoms with Crippen LogP contribution in [0, 0.1) is 11.6 Å². The van der Waals surface area contributed by atoms with E-state index in [1.54, 1.807) is 24.3 Å². The molecule has 2 aromatic rings. The van der Waals surface area contributed by atoms with Gasteiger partial charge in [-0.2, -0.15) is 0 Å². The zero-order valence-corrected chi connectivity index (χ0v) is 12.3. The molecule has 0 bridgehead atoms. The van der Waals surface area contributed by atoms with Crippen molar-refractivity contribution in [3.63, 3.8) is 0 Å². The summed E-state index contributed by atoms with van der Waals surface area (Å²) in [4.78, 5) is 1.99. The first-order valence-corrected chi connectivity index (χ1v) is 6.93. The molecule has 0 heterocycles. The fraction of sp³-hybridized carbons (Fsp3) is 0.294. The Labute approximate surface area is 124 Å². The molecule has 0 aromatic heterocycles. The van der Waals surface area contributed by atoms with Crippen LogP contribution in [-0.4, -0.2) is 18.0 Å². The van der Waals surface area contributed by atoms with E-state index in [-0.39, 0.29) is 23.7 Å². The zero-order chi connectivity index (χ0) is 15.4. The molecule has 0 aliphatic heterocycles. The molecule has 2 N–H and O–H groups in total. The maximum atomic E-state index is 13.7. The summed E-state index contributed by atoms with van der Waals surface area (Å²) in [6.07, 6.45) is 0. The van der Waals surface area contributed by atoms with Gasteiger partial charge < -0.3 is 5.73 Å². The second-order valence-corrected chi connectivity index (χ2v) is 5.32. The number of rotatable bonds is 5. The number of benzene rings is 2. The lowest BCUT2D eigenvalue weighted by atomic mass is 10.00. The first-order valence-electron chi connectivity index (χ1n) is 6.93. The maximum Gasteiger partial charge on any atom is 0.127 e. The monoisotopic (exact) mass is 290 g/mol. The van der Waals surface area contributed by atoms with Gasteiger partial charge in [-0.1, -0.05) is 30.3 Å². The third-order valence-corrected chi connectivity index (χ3v) is 3.85. The van der Waals surface area contributed by atoms with Crippen molar-refractivity contribution in [3.05, 3.63) is 71.3 Å². The Kier molecular flexibility index (Phi) is 5.04. The second-order valence-electron chi connectivity index (χ2n) is 5.32. The molecule has 112 valence electrons. The third-order valence-electron chi connectivity index (χ3n) is 3.85. The summed E-state index contributed by atoms with van der Waals surface area (Å²) in [7, 11) is 1.90. The van der Waals surface area contributed by atoms with Crippen LogP contribution in [0.25, 0.3) is 0 Å². The summed E-state index contributed by atoms with van der Waals surface area (Å²) in [5, 5.41) is 0. The van der Waals surface area contributed by atoms with Crippen molar-refractivity contribution in [2.75, 3.05) is 7.05 Å². The Morgan fingerprint density at radius 2 is 1.67 bits per heavy atom. The van der Waals surface area contributed by atoms with Crippen molar-refractivity contribution < 1.29 is 8.78 Å². The van der Waals surface area contributed by atoms with Gasteiger partial charge in [0.25, 0.3) is 0 Å². The Morgan fingerprint density at radius 3 is 2.29 bits per heavy atom. The van der Waals surface area contributed by atoms with Crippen molar-refractivity contribution in [2.45, 2.75) is 25.6 Å². The van der Waals surface area contributed by atoms with E-state index in [0.29, 0.717) is 12.1 Å². The van der Waals surface area contributed by atoms with Gasteiger partial charge in [-0.15, -0.1) is 0 Å². The molecule has 21 heavy (non-hydrogen) atoms. The van der Waals surface area contributed by atoms with Crippen LogP contribution in [0.4, 0.5) is 8.78 Å². The number of hydrogen-bond acceptors (Lipinski definition) is 2. The van der Waals surface area contributed by atoms with Gasteiger partial charge in [0, 0.05) is 24.2 Å². The van der Waals surface area contributed by atoms with Gasteiger partial charge in [-0.05, 0) is 37.7 Å². The summed E-state index contributed by atoms with van der Waals surface area (Å²) in [6, 6.07) is 12.6. The lowest BCUT2D eigenvalue weighted by Crippen LogP contribution is -2.38. The minimum atomic E-state index is -0.279. The van der Waals surface area contributed by atoms with Crippen LogP contribution in [0.1, 0.15) is 24.1 Å². The fourth-order valence-corrected chi connectivity index (χ4v) is 2.28. The molecule has 2 atom stereocenters. The predicted octanol–water partition coefficient (Wildman–Crippen LogP) is 3.49. The van der Waals surface area contributed by atoms with Crippen LogP contribution in [0.3, 0.4) is 0 Å². The first kappa shape index (κ1) is 15.6. The standard InChI is InChI=1S/C17H20F2N2/c1-12(17(20)13-7-9-15(18)10-8-13)21(2)11-14-5-3-4-6-16(14)19/h3-10,12,17H,11,20H2,1-2H3. The zero-order valence-electron chi connectivity index (χ0n) is 12.3. The van der Waals surface area contributed by atoms with Crippen molar-refractivity contribution in [2.24, 2.45) is 5.73 Å². The molecule has 2 rings (SSSR count). The van der Waals surface area contributed by atoms with Crippen molar-refractivity contribution >= 4 is 0 Å². The molecule has 2 aromatic carbocycles. The Balaban J connectivity index is 2.06. The molecule has 2 unspecified atom stereocenters. The minimum Gasteiger partial charge on any atom is -0.323 e. The SMILES string of the molecule is CC(C(N)c1ccc(F)cc1)N(C)Cc1ccccc1F. The smallest absolute Gasteiger partial charge is 0.127 e. The molecule has 0 radical (unpaired) electrons. The Bertz CT molecular complexity index is 584. The molecule has 4 heteroatoms. The quantitative estimate of drug-likeness (QED) is 0.913. The molecular weight excluding hydrogens is 270 g/mol. The predicted molar refractivity (Wildman–Crippen MR) is 80.7 cm³/mol. The highest BCUT2D eigenvalue weighted by atomic mass is 19.1. The second kappa shape index (κ2) is 6.78. The summed E-state index contributed by atoms with van der Waals surface area (Å²) in [6.45, 7) is 2.46. The lowest BCUT2D eigenvalue weighted by Gasteiger charge is -2.30. The average molecular weight is 290 g/mol. The van der Waals surface area contributed by atoms with Crippen LogP contribution in [0.2, 0.25) is 0 Å². The first-order chi connectivity index (χ1) is 9.99. The van der Waals surface area contributed by atoms with E-state index in [1.165, 1.54) is 18.2 Å². The van der Waals surface area contributed by atoms with Crippen molar-refractivity contribution in [3.8, 4) is 0 Å².